The summed E-state index contributed by atoms with van der Waals surface area (Å²) in [5.74, 6) is 1.53. The van der Waals surface area contributed by atoms with Crippen LogP contribution in [-0.2, 0) is 4.74 Å². The molecule has 0 radical (unpaired) electrons. The Hall–Kier alpha value is -1.79. The average molecular weight is 333 g/mol. The van der Waals surface area contributed by atoms with E-state index in [1.54, 1.807) is 7.11 Å². The Balaban J connectivity index is 1.60. The van der Waals surface area contributed by atoms with Gasteiger partial charge in [-0.25, -0.2) is 4.79 Å². The SMILES string of the molecule is COc1ccc(C(CNC(=O)NCC2CC2)N2CCOCC2)cc1. The Morgan fingerprint density at radius 2 is 1.96 bits per heavy atom. The Bertz CT molecular complexity index is 525. The van der Waals surface area contributed by atoms with Crippen molar-refractivity contribution in [3.8, 4) is 5.75 Å². The topological polar surface area (TPSA) is 62.8 Å². The second-order valence-electron chi connectivity index (χ2n) is 6.47. The molecule has 1 aliphatic carbocycles. The van der Waals surface area contributed by atoms with E-state index in [1.807, 2.05) is 12.1 Å². The normalized spacial score (nSPS) is 19.5. The van der Waals surface area contributed by atoms with Crippen LogP contribution in [0.4, 0.5) is 4.79 Å². The van der Waals surface area contributed by atoms with Gasteiger partial charge in [0, 0.05) is 26.2 Å². The second kappa shape index (κ2) is 8.35. The number of carbonyl (C=O) groups excluding carboxylic acids is 1. The molecular formula is C18H27N3O3. The molecule has 3 rings (SSSR count). The van der Waals surface area contributed by atoms with E-state index in [0.717, 1.165) is 38.6 Å². The largest absolute Gasteiger partial charge is 0.497 e. The van der Waals surface area contributed by atoms with Gasteiger partial charge in [-0.05, 0) is 36.5 Å². The molecule has 2 aliphatic rings. The molecule has 24 heavy (non-hydrogen) atoms. The van der Waals surface area contributed by atoms with Gasteiger partial charge in [-0.3, -0.25) is 4.90 Å². The predicted octanol–water partition coefficient (Wildman–Crippen LogP) is 1.78. The van der Waals surface area contributed by atoms with Crippen molar-refractivity contribution in [2.24, 2.45) is 5.92 Å². The summed E-state index contributed by atoms with van der Waals surface area (Å²) in [5.41, 5.74) is 1.18. The maximum Gasteiger partial charge on any atom is 0.314 e. The highest BCUT2D eigenvalue weighted by molar-refractivity contribution is 5.73. The number of methoxy groups -OCH3 is 1. The van der Waals surface area contributed by atoms with Gasteiger partial charge in [0.15, 0.2) is 0 Å². The number of nitrogens with zero attached hydrogens (tertiary/aromatic N) is 1. The van der Waals surface area contributed by atoms with Crippen LogP contribution in [0, 0.1) is 5.92 Å². The standard InChI is InChI=1S/C18H27N3O3/c1-23-16-6-4-15(5-7-16)17(21-8-10-24-11-9-21)13-20-18(22)19-12-14-2-3-14/h4-7,14,17H,2-3,8-13H2,1H3,(H2,19,20,22). The van der Waals surface area contributed by atoms with Crippen molar-refractivity contribution in [1.29, 1.82) is 0 Å². The molecule has 1 aromatic carbocycles. The highest BCUT2D eigenvalue weighted by Gasteiger charge is 2.24. The van der Waals surface area contributed by atoms with Gasteiger partial charge in [-0.2, -0.15) is 0 Å². The summed E-state index contributed by atoms with van der Waals surface area (Å²) in [4.78, 5) is 14.4. The van der Waals surface area contributed by atoms with Gasteiger partial charge < -0.3 is 20.1 Å². The van der Waals surface area contributed by atoms with E-state index in [2.05, 4.69) is 27.7 Å². The number of ether oxygens (including phenoxy) is 2. The Morgan fingerprint density at radius 1 is 1.25 bits per heavy atom. The van der Waals surface area contributed by atoms with Gasteiger partial charge in [0.1, 0.15) is 5.75 Å². The van der Waals surface area contributed by atoms with E-state index < -0.39 is 0 Å². The molecule has 2 amide bonds. The number of morpholine rings is 1. The lowest BCUT2D eigenvalue weighted by Crippen LogP contribution is -2.46. The molecule has 1 saturated carbocycles. The molecular weight excluding hydrogens is 306 g/mol. The minimum absolute atomic E-state index is 0.0753. The zero-order valence-electron chi connectivity index (χ0n) is 14.3. The number of hydrogen-bond acceptors (Lipinski definition) is 4. The maximum absolute atomic E-state index is 12.0. The van der Waals surface area contributed by atoms with Crippen molar-refractivity contribution in [2.75, 3.05) is 46.5 Å². The minimum Gasteiger partial charge on any atom is -0.497 e. The fourth-order valence-electron chi connectivity index (χ4n) is 2.98. The molecule has 132 valence electrons. The van der Waals surface area contributed by atoms with Crippen LogP contribution in [0.1, 0.15) is 24.4 Å². The van der Waals surface area contributed by atoms with Crippen LogP contribution in [-0.4, -0.2) is 57.4 Å². The molecule has 2 N–H and O–H groups in total. The zero-order chi connectivity index (χ0) is 16.8. The van der Waals surface area contributed by atoms with Gasteiger partial charge in [-0.1, -0.05) is 12.1 Å². The van der Waals surface area contributed by atoms with Crippen molar-refractivity contribution >= 4 is 6.03 Å². The van der Waals surface area contributed by atoms with Crippen LogP contribution in [0.15, 0.2) is 24.3 Å². The first kappa shape index (κ1) is 17.0. The first-order valence-corrected chi connectivity index (χ1v) is 8.73. The summed E-state index contributed by atoms with van der Waals surface area (Å²) in [7, 11) is 1.67. The number of hydrogen-bond donors (Lipinski definition) is 2. The predicted molar refractivity (Wildman–Crippen MR) is 92.3 cm³/mol. The lowest BCUT2D eigenvalue weighted by atomic mass is 10.0. The number of carbonyl (C=O) groups is 1. The molecule has 1 aliphatic heterocycles. The molecule has 0 bridgehead atoms. The van der Waals surface area contributed by atoms with Crippen LogP contribution in [0.25, 0.3) is 0 Å². The fourth-order valence-corrected chi connectivity index (χ4v) is 2.98. The molecule has 6 nitrogen and oxygen atoms in total. The van der Waals surface area contributed by atoms with Gasteiger partial charge in [0.25, 0.3) is 0 Å². The molecule has 2 fully saturated rings. The number of urea groups is 1. The van der Waals surface area contributed by atoms with Crippen LogP contribution >= 0.6 is 0 Å². The molecule has 0 aromatic heterocycles. The highest BCUT2D eigenvalue weighted by atomic mass is 16.5. The van der Waals surface area contributed by atoms with Crippen molar-refractivity contribution < 1.29 is 14.3 Å². The van der Waals surface area contributed by atoms with Gasteiger partial charge in [-0.15, -0.1) is 0 Å². The first-order valence-electron chi connectivity index (χ1n) is 8.73. The van der Waals surface area contributed by atoms with E-state index in [9.17, 15) is 4.79 Å². The molecule has 6 heteroatoms. The second-order valence-corrected chi connectivity index (χ2v) is 6.47. The average Bonchev–Trinajstić information content (AvgIpc) is 3.46. The van der Waals surface area contributed by atoms with E-state index in [4.69, 9.17) is 9.47 Å². The molecule has 0 spiro atoms. The summed E-state index contributed by atoms with van der Waals surface area (Å²) in [5, 5.41) is 5.99. The monoisotopic (exact) mass is 333 g/mol. The zero-order valence-corrected chi connectivity index (χ0v) is 14.3. The molecule has 1 atom stereocenters. The lowest BCUT2D eigenvalue weighted by molar-refractivity contribution is 0.0167. The van der Waals surface area contributed by atoms with Crippen molar-refractivity contribution in [2.45, 2.75) is 18.9 Å². The summed E-state index contributed by atoms with van der Waals surface area (Å²) >= 11 is 0. The van der Waals surface area contributed by atoms with Crippen molar-refractivity contribution in [3.05, 3.63) is 29.8 Å². The third-order valence-corrected chi connectivity index (χ3v) is 4.69. The Labute approximate surface area is 143 Å². The summed E-state index contributed by atoms with van der Waals surface area (Å²) in [6, 6.07) is 8.15. The molecule has 1 aromatic rings. The summed E-state index contributed by atoms with van der Waals surface area (Å²) in [6.45, 7) is 4.60. The lowest BCUT2D eigenvalue weighted by Gasteiger charge is -2.35. The van der Waals surface area contributed by atoms with Gasteiger partial charge in [0.05, 0.1) is 26.4 Å². The quantitative estimate of drug-likeness (QED) is 0.798. The van der Waals surface area contributed by atoms with Crippen LogP contribution in [0.3, 0.4) is 0 Å². The van der Waals surface area contributed by atoms with Gasteiger partial charge in [0.2, 0.25) is 0 Å². The van der Waals surface area contributed by atoms with Crippen molar-refractivity contribution in [1.82, 2.24) is 15.5 Å². The molecule has 1 saturated heterocycles. The van der Waals surface area contributed by atoms with E-state index in [0.29, 0.717) is 12.5 Å². The molecule has 1 unspecified atom stereocenters. The van der Waals surface area contributed by atoms with Crippen LogP contribution in [0.2, 0.25) is 0 Å². The van der Waals surface area contributed by atoms with Gasteiger partial charge >= 0.3 is 6.03 Å². The third-order valence-electron chi connectivity index (χ3n) is 4.69. The highest BCUT2D eigenvalue weighted by Crippen LogP contribution is 2.27. The Morgan fingerprint density at radius 3 is 2.58 bits per heavy atom. The fraction of sp³-hybridized carbons (Fsp3) is 0.611. The first-order chi connectivity index (χ1) is 11.8. The number of benzene rings is 1. The third kappa shape index (κ3) is 4.85. The van der Waals surface area contributed by atoms with E-state index in [-0.39, 0.29) is 12.1 Å². The molecule has 1 heterocycles. The minimum atomic E-state index is -0.0753. The Kier molecular flexibility index (Phi) is 5.93. The van der Waals surface area contributed by atoms with Crippen LogP contribution in [0.5, 0.6) is 5.75 Å². The number of rotatable bonds is 7. The van der Waals surface area contributed by atoms with E-state index in [1.165, 1.54) is 18.4 Å². The number of nitrogens with one attached hydrogen (secondary N) is 2. The summed E-state index contributed by atoms with van der Waals surface area (Å²) < 4.78 is 10.7. The van der Waals surface area contributed by atoms with Crippen molar-refractivity contribution in [3.63, 3.8) is 0 Å². The number of amides is 2. The van der Waals surface area contributed by atoms with Crippen LogP contribution < -0.4 is 15.4 Å². The smallest absolute Gasteiger partial charge is 0.314 e. The summed E-state index contributed by atoms with van der Waals surface area (Å²) in [6.07, 6.45) is 2.48. The van der Waals surface area contributed by atoms with E-state index >= 15 is 0 Å². The maximum atomic E-state index is 12.0.